The number of halogens is 3. The molecule has 112 valence electrons. The highest BCUT2D eigenvalue weighted by atomic mass is 79.9. The minimum absolute atomic E-state index is 0.00470. The van der Waals surface area contributed by atoms with Crippen molar-refractivity contribution >= 4 is 27.5 Å². The van der Waals surface area contributed by atoms with Gasteiger partial charge in [-0.15, -0.1) is 0 Å². The lowest BCUT2D eigenvalue weighted by Crippen LogP contribution is -2.24. The normalized spacial score (nSPS) is 12.4. The minimum atomic E-state index is -0.239. The van der Waals surface area contributed by atoms with Gasteiger partial charge in [0.25, 0.3) is 0 Å². The van der Waals surface area contributed by atoms with Crippen LogP contribution in [0.1, 0.15) is 30.5 Å². The van der Waals surface area contributed by atoms with Crippen molar-refractivity contribution in [3.8, 4) is 0 Å². The molecule has 1 aromatic carbocycles. The third-order valence-corrected chi connectivity index (χ3v) is 4.32. The van der Waals surface area contributed by atoms with Gasteiger partial charge in [-0.1, -0.05) is 34.5 Å². The van der Waals surface area contributed by atoms with Gasteiger partial charge in [-0.3, -0.25) is 4.98 Å². The number of pyridine rings is 1. The van der Waals surface area contributed by atoms with Crippen LogP contribution in [0.3, 0.4) is 0 Å². The van der Waals surface area contributed by atoms with E-state index in [-0.39, 0.29) is 11.9 Å². The standard InChI is InChI=1S/C16H17BrClFN2/c1-2-6-21-16(8-11-5-7-20-10-15(11)18)13-9-12(19)3-4-14(13)17/h3-5,7,9-10,16,21H,2,6,8H2,1H3. The molecular weight excluding hydrogens is 355 g/mol. The average Bonchev–Trinajstić information content (AvgIpc) is 2.48. The molecule has 1 aromatic heterocycles. The number of benzene rings is 1. The van der Waals surface area contributed by atoms with Gasteiger partial charge < -0.3 is 5.32 Å². The SMILES string of the molecule is CCCNC(Cc1ccncc1Cl)c1cc(F)ccc1Br. The molecule has 2 aromatic rings. The fourth-order valence-electron chi connectivity index (χ4n) is 2.18. The van der Waals surface area contributed by atoms with Crippen molar-refractivity contribution < 1.29 is 4.39 Å². The third kappa shape index (κ3) is 4.50. The lowest BCUT2D eigenvalue weighted by Gasteiger charge is -2.21. The zero-order valence-electron chi connectivity index (χ0n) is 11.7. The van der Waals surface area contributed by atoms with E-state index < -0.39 is 0 Å². The summed E-state index contributed by atoms with van der Waals surface area (Å²) in [7, 11) is 0. The van der Waals surface area contributed by atoms with Crippen molar-refractivity contribution in [3.63, 3.8) is 0 Å². The Labute approximate surface area is 137 Å². The summed E-state index contributed by atoms with van der Waals surface area (Å²) in [6, 6.07) is 6.64. The molecule has 5 heteroatoms. The molecule has 1 N–H and O–H groups in total. The van der Waals surface area contributed by atoms with Gasteiger partial charge in [0.15, 0.2) is 0 Å². The van der Waals surface area contributed by atoms with E-state index in [4.69, 9.17) is 11.6 Å². The molecule has 0 saturated carbocycles. The summed E-state index contributed by atoms with van der Waals surface area (Å²) >= 11 is 9.69. The lowest BCUT2D eigenvalue weighted by molar-refractivity contribution is 0.522. The van der Waals surface area contributed by atoms with Crippen LogP contribution in [0, 0.1) is 5.82 Å². The Kier molecular flexibility index (Phi) is 6.15. The number of nitrogens with one attached hydrogen (secondary N) is 1. The molecule has 2 nitrogen and oxygen atoms in total. The molecule has 1 unspecified atom stereocenters. The van der Waals surface area contributed by atoms with Gasteiger partial charge in [-0.05, 0) is 54.8 Å². The third-order valence-electron chi connectivity index (χ3n) is 3.25. The molecule has 0 fully saturated rings. The smallest absolute Gasteiger partial charge is 0.123 e. The predicted molar refractivity (Wildman–Crippen MR) is 88.1 cm³/mol. The molecule has 1 heterocycles. The van der Waals surface area contributed by atoms with Crippen LogP contribution in [-0.4, -0.2) is 11.5 Å². The quantitative estimate of drug-likeness (QED) is 0.779. The van der Waals surface area contributed by atoms with Crippen LogP contribution in [0.5, 0.6) is 0 Å². The molecule has 0 aliphatic carbocycles. The second-order valence-electron chi connectivity index (χ2n) is 4.84. The molecule has 0 amide bonds. The number of hydrogen-bond acceptors (Lipinski definition) is 2. The first-order chi connectivity index (χ1) is 10.1. The van der Waals surface area contributed by atoms with E-state index in [0.717, 1.165) is 28.6 Å². The molecule has 0 saturated heterocycles. The average molecular weight is 372 g/mol. The van der Waals surface area contributed by atoms with Crippen molar-refractivity contribution in [2.75, 3.05) is 6.54 Å². The first-order valence-corrected chi connectivity index (χ1v) is 8.05. The fourth-order valence-corrected chi connectivity index (χ4v) is 2.90. The van der Waals surface area contributed by atoms with Crippen LogP contribution >= 0.6 is 27.5 Å². The summed E-state index contributed by atoms with van der Waals surface area (Å²) in [6.45, 7) is 2.96. The van der Waals surface area contributed by atoms with Crippen LogP contribution in [0.2, 0.25) is 5.02 Å². The summed E-state index contributed by atoms with van der Waals surface area (Å²) in [4.78, 5) is 4.00. The van der Waals surface area contributed by atoms with Crippen molar-refractivity contribution in [2.45, 2.75) is 25.8 Å². The molecule has 0 aliphatic rings. The Morgan fingerprint density at radius 1 is 1.38 bits per heavy atom. The van der Waals surface area contributed by atoms with Gasteiger partial charge in [0.2, 0.25) is 0 Å². The summed E-state index contributed by atoms with van der Waals surface area (Å²) in [5, 5.41) is 4.09. The zero-order chi connectivity index (χ0) is 15.2. The summed E-state index contributed by atoms with van der Waals surface area (Å²) < 4.78 is 14.5. The van der Waals surface area contributed by atoms with Gasteiger partial charge in [-0.25, -0.2) is 4.39 Å². The first-order valence-electron chi connectivity index (χ1n) is 6.88. The van der Waals surface area contributed by atoms with Gasteiger partial charge in [-0.2, -0.15) is 0 Å². The minimum Gasteiger partial charge on any atom is -0.310 e. The van der Waals surface area contributed by atoms with E-state index in [0.29, 0.717) is 11.4 Å². The number of aromatic nitrogens is 1. The second kappa shape index (κ2) is 7.87. The molecular formula is C16H17BrClFN2. The van der Waals surface area contributed by atoms with Crippen LogP contribution < -0.4 is 5.32 Å². The van der Waals surface area contributed by atoms with E-state index in [1.54, 1.807) is 24.5 Å². The highest BCUT2D eigenvalue weighted by molar-refractivity contribution is 9.10. The van der Waals surface area contributed by atoms with E-state index in [1.165, 1.54) is 6.07 Å². The number of hydrogen-bond donors (Lipinski definition) is 1. The maximum atomic E-state index is 13.6. The van der Waals surface area contributed by atoms with Gasteiger partial charge >= 0.3 is 0 Å². The largest absolute Gasteiger partial charge is 0.310 e. The fraction of sp³-hybridized carbons (Fsp3) is 0.312. The van der Waals surface area contributed by atoms with Crippen LogP contribution in [0.25, 0.3) is 0 Å². The lowest BCUT2D eigenvalue weighted by atomic mass is 9.99. The maximum Gasteiger partial charge on any atom is 0.123 e. The topological polar surface area (TPSA) is 24.9 Å². The molecule has 21 heavy (non-hydrogen) atoms. The van der Waals surface area contributed by atoms with E-state index in [2.05, 4.69) is 33.2 Å². The monoisotopic (exact) mass is 370 g/mol. The van der Waals surface area contributed by atoms with Crippen LogP contribution in [-0.2, 0) is 6.42 Å². The van der Waals surface area contributed by atoms with Crippen molar-refractivity contribution in [3.05, 3.63) is 63.1 Å². The van der Waals surface area contributed by atoms with Crippen LogP contribution in [0.15, 0.2) is 41.1 Å². The van der Waals surface area contributed by atoms with E-state index in [1.807, 2.05) is 6.07 Å². The molecule has 2 rings (SSSR count). The summed E-state index contributed by atoms with van der Waals surface area (Å²) in [5.74, 6) is -0.239. The maximum absolute atomic E-state index is 13.6. The molecule has 0 bridgehead atoms. The van der Waals surface area contributed by atoms with Crippen molar-refractivity contribution in [1.29, 1.82) is 0 Å². The second-order valence-corrected chi connectivity index (χ2v) is 6.11. The van der Waals surface area contributed by atoms with Gasteiger partial charge in [0, 0.05) is 22.9 Å². The molecule has 0 radical (unpaired) electrons. The highest BCUT2D eigenvalue weighted by Crippen LogP contribution is 2.28. The van der Waals surface area contributed by atoms with E-state index >= 15 is 0 Å². The Morgan fingerprint density at radius 2 is 2.19 bits per heavy atom. The number of rotatable bonds is 6. The Bertz CT molecular complexity index is 607. The van der Waals surface area contributed by atoms with Gasteiger partial charge in [0.05, 0.1) is 5.02 Å². The predicted octanol–water partition coefficient (Wildman–Crippen LogP) is 4.92. The molecule has 0 spiro atoms. The Morgan fingerprint density at radius 3 is 2.90 bits per heavy atom. The summed E-state index contributed by atoms with van der Waals surface area (Å²) in [5.41, 5.74) is 1.90. The van der Waals surface area contributed by atoms with Crippen molar-refractivity contribution in [2.24, 2.45) is 0 Å². The van der Waals surface area contributed by atoms with E-state index in [9.17, 15) is 4.39 Å². The van der Waals surface area contributed by atoms with Gasteiger partial charge in [0.1, 0.15) is 5.82 Å². The molecule has 0 aliphatic heterocycles. The number of nitrogens with zero attached hydrogens (tertiary/aromatic N) is 1. The highest BCUT2D eigenvalue weighted by Gasteiger charge is 2.16. The summed E-state index contributed by atoms with van der Waals surface area (Å²) in [6.07, 6.45) is 5.05. The van der Waals surface area contributed by atoms with Crippen molar-refractivity contribution in [1.82, 2.24) is 10.3 Å². The molecule has 1 atom stereocenters. The Hall–Kier alpha value is -0.970. The Balaban J connectivity index is 2.30. The van der Waals surface area contributed by atoms with Crippen LogP contribution in [0.4, 0.5) is 4.39 Å². The zero-order valence-corrected chi connectivity index (χ0v) is 14.1. The first kappa shape index (κ1) is 16.4.